The average Bonchev–Trinajstić information content (AvgIpc) is 3.18. The molecular weight excluding hydrogens is 412 g/mol. The largest absolute Gasteiger partial charge is 0.476 e. The molecule has 1 aromatic heterocycles. The van der Waals surface area contributed by atoms with Crippen molar-refractivity contribution in [1.82, 2.24) is 15.4 Å². The predicted molar refractivity (Wildman–Crippen MR) is 112 cm³/mol. The smallest absolute Gasteiger partial charge is 0.359 e. The molecular formula is C20H23ClN4O3S. The number of hydrogen-bond donors (Lipinski definition) is 2. The van der Waals surface area contributed by atoms with E-state index < -0.39 is 5.97 Å². The summed E-state index contributed by atoms with van der Waals surface area (Å²) in [5.41, 5.74) is 2.02. The number of aromatic amines is 1. The van der Waals surface area contributed by atoms with E-state index in [1.54, 1.807) is 4.90 Å². The monoisotopic (exact) mass is 434 g/mol. The highest BCUT2D eigenvalue weighted by molar-refractivity contribution is 7.99. The zero-order valence-corrected chi connectivity index (χ0v) is 17.5. The van der Waals surface area contributed by atoms with Gasteiger partial charge in [-0.2, -0.15) is 5.21 Å². The number of nitrogens with one attached hydrogen (secondary N) is 1. The Hall–Kier alpha value is -2.06. The first-order valence-corrected chi connectivity index (χ1v) is 11.2. The number of carbonyl (C=O) groups is 2. The first-order chi connectivity index (χ1) is 14.0. The van der Waals surface area contributed by atoms with Gasteiger partial charge in [0.2, 0.25) is 11.6 Å². The minimum atomic E-state index is -1.06. The van der Waals surface area contributed by atoms with Crippen molar-refractivity contribution in [3.63, 3.8) is 0 Å². The number of hydrogen-bond acceptors (Lipinski definition) is 5. The fourth-order valence-corrected chi connectivity index (χ4v) is 5.62. The molecule has 0 radical (unpaired) electrons. The topological polar surface area (TPSA) is 99.2 Å². The summed E-state index contributed by atoms with van der Waals surface area (Å²) in [4.78, 5) is 25.2. The normalized spacial score (nSPS) is 22.7. The average molecular weight is 435 g/mol. The quantitative estimate of drug-likeness (QED) is 0.719. The standard InChI is InChI=1S/C20H23ClN4O3S/c21-15-11-13(6-9-16(15)25-10-2-1-3-17(25)26)12-4-7-14(8-5-12)29-19-18(20(27)28)22-24-23-19/h6,9,11-12,14H,1-5,7-8,10H2,(H,27,28)(H,22,23,24). The molecule has 2 fully saturated rings. The van der Waals surface area contributed by atoms with Crippen molar-refractivity contribution in [2.24, 2.45) is 0 Å². The van der Waals surface area contributed by atoms with Crippen molar-refractivity contribution in [1.29, 1.82) is 0 Å². The van der Waals surface area contributed by atoms with E-state index in [-0.39, 0.29) is 11.6 Å². The third kappa shape index (κ3) is 4.43. The highest BCUT2D eigenvalue weighted by Gasteiger charge is 2.27. The third-order valence-electron chi connectivity index (χ3n) is 5.73. The first-order valence-electron chi connectivity index (χ1n) is 9.93. The summed E-state index contributed by atoms with van der Waals surface area (Å²) in [6.45, 7) is 0.737. The molecule has 2 heterocycles. The number of anilines is 1. The van der Waals surface area contributed by atoms with Crippen molar-refractivity contribution in [2.45, 2.75) is 61.1 Å². The summed E-state index contributed by atoms with van der Waals surface area (Å²) in [6.07, 6.45) is 6.53. The molecule has 7 nitrogen and oxygen atoms in total. The van der Waals surface area contributed by atoms with Gasteiger partial charge in [-0.15, -0.1) is 10.2 Å². The van der Waals surface area contributed by atoms with Gasteiger partial charge in [-0.05, 0) is 62.1 Å². The molecule has 1 amide bonds. The highest BCUT2D eigenvalue weighted by atomic mass is 35.5. The number of aromatic carboxylic acids is 1. The summed E-state index contributed by atoms with van der Waals surface area (Å²) in [6, 6.07) is 6.09. The molecule has 0 atom stereocenters. The molecule has 2 aliphatic rings. The molecule has 1 saturated heterocycles. The Labute approximate surface area is 178 Å². The number of H-pyrrole nitrogens is 1. The number of piperidine rings is 1. The van der Waals surface area contributed by atoms with Crippen LogP contribution < -0.4 is 4.90 Å². The molecule has 0 unspecified atom stereocenters. The molecule has 9 heteroatoms. The van der Waals surface area contributed by atoms with E-state index in [1.165, 1.54) is 17.3 Å². The molecule has 0 spiro atoms. The third-order valence-corrected chi connectivity index (χ3v) is 7.34. The summed E-state index contributed by atoms with van der Waals surface area (Å²) in [5, 5.41) is 20.7. The van der Waals surface area contributed by atoms with Gasteiger partial charge in [0.25, 0.3) is 0 Å². The molecule has 1 saturated carbocycles. The SMILES string of the molecule is O=C(O)c1n[nH]nc1SC1CCC(c2ccc(N3CCCCC3=O)c(Cl)c2)CC1. The molecule has 1 aromatic carbocycles. The second-order valence-corrected chi connectivity index (χ2v) is 9.28. The van der Waals surface area contributed by atoms with Gasteiger partial charge in [0, 0.05) is 18.2 Å². The van der Waals surface area contributed by atoms with Gasteiger partial charge in [0.15, 0.2) is 5.03 Å². The minimum Gasteiger partial charge on any atom is -0.476 e. The highest BCUT2D eigenvalue weighted by Crippen LogP contribution is 2.41. The van der Waals surface area contributed by atoms with Crippen molar-refractivity contribution in [3.05, 3.63) is 34.5 Å². The van der Waals surface area contributed by atoms with Gasteiger partial charge < -0.3 is 10.0 Å². The Morgan fingerprint density at radius 2 is 2.00 bits per heavy atom. The van der Waals surface area contributed by atoms with Gasteiger partial charge in [-0.25, -0.2) is 4.79 Å². The van der Waals surface area contributed by atoms with Crippen LogP contribution in [0.1, 0.15) is 66.9 Å². The van der Waals surface area contributed by atoms with E-state index >= 15 is 0 Å². The second-order valence-electron chi connectivity index (χ2n) is 7.59. The van der Waals surface area contributed by atoms with Gasteiger partial charge in [0.05, 0.1) is 10.7 Å². The lowest BCUT2D eigenvalue weighted by atomic mass is 9.84. The number of amides is 1. The van der Waals surface area contributed by atoms with E-state index in [9.17, 15) is 9.59 Å². The Balaban J connectivity index is 1.38. The fourth-order valence-electron chi connectivity index (χ4n) is 4.17. The zero-order valence-electron chi connectivity index (χ0n) is 15.9. The lowest BCUT2D eigenvalue weighted by molar-refractivity contribution is -0.119. The van der Waals surface area contributed by atoms with Gasteiger partial charge >= 0.3 is 5.97 Å². The Morgan fingerprint density at radius 1 is 1.21 bits per heavy atom. The molecule has 2 N–H and O–H groups in total. The maximum absolute atomic E-state index is 12.2. The summed E-state index contributed by atoms with van der Waals surface area (Å²) < 4.78 is 0. The van der Waals surface area contributed by atoms with Crippen molar-refractivity contribution in [3.8, 4) is 0 Å². The van der Waals surface area contributed by atoms with Crippen LogP contribution in [0.15, 0.2) is 23.2 Å². The number of aromatic nitrogens is 3. The Bertz CT molecular complexity index is 911. The van der Waals surface area contributed by atoms with Crippen LogP contribution in [-0.2, 0) is 4.79 Å². The number of carboxylic acid groups (broad SMARTS) is 1. The van der Waals surface area contributed by atoms with Crippen LogP contribution in [-0.4, -0.2) is 44.2 Å². The maximum Gasteiger partial charge on any atom is 0.359 e. The van der Waals surface area contributed by atoms with Crippen LogP contribution in [0.2, 0.25) is 5.02 Å². The molecule has 1 aliphatic carbocycles. The molecule has 29 heavy (non-hydrogen) atoms. The summed E-state index contributed by atoms with van der Waals surface area (Å²) >= 11 is 8.04. The van der Waals surface area contributed by atoms with Crippen molar-refractivity contribution in [2.75, 3.05) is 11.4 Å². The van der Waals surface area contributed by atoms with E-state index in [1.807, 2.05) is 12.1 Å². The molecule has 2 aromatic rings. The molecule has 4 rings (SSSR count). The number of thioether (sulfide) groups is 1. The van der Waals surface area contributed by atoms with Crippen LogP contribution in [0.5, 0.6) is 0 Å². The van der Waals surface area contributed by atoms with Crippen molar-refractivity contribution >= 4 is 40.9 Å². The Kier molecular flexibility index (Phi) is 6.10. The number of carboxylic acids is 1. The van der Waals surface area contributed by atoms with Crippen LogP contribution in [0.4, 0.5) is 5.69 Å². The number of nitrogens with zero attached hydrogens (tertiary/aromatic N) is 3. The molecule has 0 bridgehead atoms. The first kappa shape index (κ1) is 20.2. The Morgan fingerprint density at radius 3 is 2.69 bits per heavy atom. The summed E-state index contributed by atoms with van der Waals surface area (Å²) in [7, 11) is 0. The maximum atomic E-state index is 12.2. The van der Waals surface area contributed by atoms with Gasteiger partial charge in [0.1, 0.15) is 0 Å². The van der Waals surface area contributed by atoms with Crippen LogP contribution in [0.3, 0.4) is 0 Å². The lowest BCUT2D eigenvalue weighted by Gasteiger charge is -2.30. The van der Waals surface area contributed by atoms with E-state index in [0.29, 0.717) is 27.6 Å². The van der Waals surface area contributed by atoms with Crippen LogP contribution in [0, 0.1) is 0 Å². The number of rotatable bonds is 5. The van der Waals surface area contributed by atoms with Crippen LogP contribution in [0.25, 0.3) is 0 Å². The number of halogens is 1. The minimum absolute atomic E-state index is 0.00764. The molecule has 1 aliphatic heterocycles. The van der Waals surface area contributed by atoms with Gasteiger partial charge in [-0.1, -0.05) is 29.4 Å². The summed E-state index contributed by atoms with van der Waals surface area (Å²) in [5.74, 6) is -0.486. The van der Waals surface area contributed by atoms with E-state index in [0.717, 1.165) is 50.8 Å². The van der Waals surface area contributed by atoms with E-state index in [2.05, 4.69) is 21.5 Å². The predicted octanol–water partition coefficient (Wildman–Crippen LogP) is 4.49. The van der Waals surface area contributed by atoms with Crippen LogP contribution >= 0.6 is 23.4 Å². The second kappa shape index (κ2) is 8.75. The van der Waals surface area contributed by atoms with Gasteiger partial charge in [-0.3, -0.25) is 4.79 Å². The lowest BCUT2D eigenvalue weighted by Crippen LogP contribution is -2.35. The van der Waals surface area contributed by atoms with Crippen molar-refractivity contribution < 1.29 is 14.7 Å². The number of carbonyl (C=O) groups excluding carboxylic acids is 1. The van der Waals surface area contributed by atoms with E-state index in [4.69, 9.17) is 16.7 Å². The fraction of sp³-hybridized carbons (Fsp3) is 0.500. The molecule has 154 valence electrons. The number of benzene rings is 1. The zero-order chi connectivity index (χ0) is 20.4.